The van der Waals surface area contributed by atoms with E-state index in [4.69, 9.17) is 9.97 Å². The summed E-state index contributed by atoms with van der Waals surface area (Å²) in [4.78, 5) is 28.0. The molecule has 0 atom stereocenters. The van der Waals surface area contributed by atoms with Gasteiger partial charge < -0.3 is 0 Å². The Balaban J connectivity index is 1.01. The summed E-state index contributed by atoms with van der Waals surface area (Å²) in [5.74, 6) is 0. The molecule has 66 heavy (non-hydrogen) atoms. The van der Waals surface area contributed by atoms with Gasteiger partial charge in [0, 0.05) is 118 Å². The number of hydrogen-bond donors (Lipinski definition) is 0. The lowest BCUT2D eigenvalue weighted by atomic mass is 9.91. The van der Waals surface area contributed by atoms with Crippen LogP contribution in [0.2, 0.25) is 0 Å². The second-order valence-electron chi connectivity index (χ2n) is 16.1. The van der Waals surface area contributed by atoms with Gasteiger partial charge in [0.1, 0.15) is 0 Å². The van der Waals surface area contributed by atoms with Crippen LogP contribution in [-0.4, -0.2) is 29.9 Å². The van der Waals surface area contributed by atoms with Crippen LogP contribution in [0.1, 0.15) is 0 Å². The molecule has 6 nitrogen and oxygen atoms in total. The third kappa shape index (κ3) is 8.30. The van der Waals surface area contributed by atoms with E-state index in [-0.39, 0.29) is 0 Å². The molecule has 310 valence electrons. The normalized spacial score (nSPS) is 11.0. The van der Waals surface area contributed by atoms with Crippen LogP contribution in [0.3, 0.4) is 0 Å². The maximum absolute atomic E-state index is 5.24. The lowest BCUT2D eigenvalue weighted by molar-refractivity contribution is 1.31. The first-order valence-corrected chi connectivity index (χ1v) is 21.8. The molecular formula is C60H40N6. The van der Waals surface area contributed by atoms with Gasteiger partial charge in [-0.1, -0.05) is 121 Å². The minimum absolute atomic E-state index is 0.887. The molecule has 0 aliphatic rings. The van der Waals surface area contributed by atoms with Crippen LogP contribution in [0.15, 0.2) is 244 Å². The van der Waals surface area contributed by atoms with E-state index in [9.17, 15) is 0 Å². The van der Waals surface area contributed by atoms with Crippen LogP contribution in [0.5, 0.6) is 0 Å². The third-order valence-electron chi connectivity index (χ3n) is 11.9. The largest absolute Gasteiger partial charge is 0.264 e. The molecule has 0 amide bonds. The topological polar surface area (TPSA) is 77.3 Å². The molecule has 0 fully saturated rings. The predicted molar refractivity (Wildman–Crippen MR) is 268 cm³/mol. The smallest absolute Gasteiger partial charge is 0.0780 e. The molecule has 6 heteroatoms. The molecule has 0 spiro atoms. The zero-order valence-electron chi connectivity index (χ0n) is 35.8. The van der Waals surface area contributed by atoms with E-state index < -0.39 is 0 Å². The van der Waals surface area contributed by atoms with E-state index in [0.717, 1.165) is 112 Å². The predicted octanol–water partition coefficient (Wildman–Crippen LogP) is 14.7. The highest BCUT2D eigenvalue weighted by Gasteiger charge is 2.17. The van der Waals surface area contributed by atoms with Gasteiger partial charge in [0.2, 0.25) is 0 Å². The summed E-state index contributed by atoms with van der Waals surface area (Å²) in [5, 5.41) is 0. The number of hydrogen-bond acceptors (Lipinski definition) is 6. The van der Waals surface area contributed by atoms with Crippen molar-refractivity contribution in [3.8, 4) is 112 Å². The van der Waals surface area contributed by atoms with Crippen molar-refractivity contribution in [3.05, 3.63) is 244 Å². The molecule has 0 saturated carbocycles. The van der Waals surface area contributed by atoms with Crippen molar-refractivity contribution in [2.24, 2.45) is 0 Å². The summed E-state index contributed by atoms with van der Waals surface area (Å²) in [6.07, 6.45) is 18.8. The number of pyridine rings is 6. The van der Waals surface area contributed by atoms with E-state index in [1.54, 1.807) is 24.8 Å². The summed E-state index contributed by atoms with van der Waals surface area (Å²) in [7, 11) is 0. The maximum atomic E-state index is 5.24. The summed E-state index contributed by atoms with van der Waals surface area (Å²) < 4.78 is 0. The van der Waals surface area contributed by atoms with Crippen molar-refractivity contribution in [2.45, 2.75) is 0 Å². The molecule has 0 bridgehead atoms. The Bertz CT molecular complexity index is 3220. The number of benzene rings is 5. The van der Waals surface area contributed by atoms with E-state index in [1.807, 2.05) is 61.4 Å². The number of nitrogens with zero attached hydrogens (tertiary/aromatic N) is 6. The van der Waals surface area contributed by atoms with Gasteiger partial charge in [-0.3, -0.25) is 29.9 Å². The Morgan fingerprint density at radius 3 is 0.773 bits per heavy atom. The Morgan fingerprint density at radius 1 is 0.197 bits per heavy atom. The van der Waals surface area contributed by atoms with Crippen LogP contribution in [0.4, 0.5) is 0 Å². The minimum Gasteiger partial charge on any atom is -0.264 e. The fourth-order valence-corrected chi connectivity index (χ4v) is 8.55. The molecule has 0 saturated heterocycles. The van der Waals surface area contributed by atoms with Gasteiger partial charge in [0.15, 0.2) is 0 Å². The molecule has 11 rings (SSSR count). The van der Waals surface area contributed by atoms with Crippen molar-refractivity contribution < 1.29 is 0 Å². The first kappa shape index (κ1) is 39.8. The molecule has 6 heterocycles. The van der Waals surface area contributed by atoms with Gasteiger partial charge >= 0.3 is 0 Å². The van der Waals surface area contributed by atoms with Crippen molar-refractivity contribution in [1.82, 2.24) is 29.9 Å². The fourth-order valence-electron chi connectivity index (χ4n) is 8.55. The van der Waals surface area contributed by atoms with Crippen LogP contribution < -0.4 is 0 Å². The summed E-state index contributed by atoms with van der Waals surface area (Å²) in [6.45, 7) is 0. The molecule has 0 N–H and O–H groups in total. The number of aromatic nitrogens is 6. The number of rotatable bonds is 10. The summed E-state index contributed by atoms with van der Waals surface area (Å²) in [5.41, 5.74) is 20.8. The van der Waals surface area contributed by atoms with Crippen LogP contribution in [-0.2, 0) is 0 Å². The second-order valence-corrected chi connectivity index (χ2v) is 16.1. The first-order chi connectivity index (χ1) is 32.7. The Hall–Kier alpha value is -9.00. The molecular weight excluding hydrogens is 805 g/mol. The third-order valence-corrected chi connectivity index (χ3v) is 11.9. The first-order valence-electron chi connectivity index (χ1n) is 21.8. The maximum Gasteiger partial charge on any atom is 0.0780 e. The molecule has 0 radical (unpaired) electrons. The van der Waals surface area contributed by atoms with E-state index in [0.29, 0.717) is 0 Å². The van der Waals surface area contributed by atoms with Gasteiger partial charge in [-0.15, -0.1) is 0 Å². The SMILES string of the molecule is c1cncc(-c2cccc(-c3cnc(-c4ccc(-c5ncc(-c6cccc(-c7cccnc7)c6)cc5-c5cccc(-c6cccnc6)c5)cc4)c(-c4cccc(-c5cccnc5)c4)c3)c2)c1. The Morgan fingerprint density at radius 2 is 0.470 bits per heavy atom. The lowest BCUT2D eigenvalue weighted by Gasteiger charge is -2.16. The zero-order valence-corrected chi connectivity index (χ0v) is 35.8. The highest BCUT2D eigenvalue weighted by molar-refractivity contribution is 5.90. The van der Waals surface area contributed by atoms with E-state index in [1.165, 1.54) is 0 Å². The quantitative estimate of drug-likeness (QED) is 0.136. The van der Waals surface area contributed by atoms with Crippen LogP contribution >= 0.6 is 0 Å². The second kappa shape index (κ2) is 18.0. The van der Waals surface area contributed by atoms with Crippen LogP contribution in [0.25, 0.3) is 112 Å². The van der Waals surface area contributed by atoms with Gasteiger partial charge in [-0.2, -0.15) is 0 Å². The standard InChI is InChI=1S/C60H40N6/c1-9-43(51-17-5-25-61-35-51)29-47(13-1)55-33-57(49-15-3-11-45(31-49)53-19-7-27-63-37-53)59(65-39-55)41-21-23-42(24-22-41)60-58(50-16-4-12-46(32-50)54-20-8-28-64-38-54)34-56(40-66-60)48-14-2-10-44(30-48)52-18-6-26-62-36-52/h1-40H. The molecule has 0 aliphatic carbocycles. The van der Waals surface area contributed by atoms with Crippen molar-refractivity contribution in [3.63, 3.8) is 0 Å². The Labute approximate surface area is 383 Å². The molecule has 5 aromatic carbocycles. The van der Waals surface area contributed by atoms with Gasteiger partial charge in [-0.25, -0.2) is 0 Å². The van der Waals surface area contributed by atoms with E-state index >= 15 is 0 Å². The molecule has 0 unspecified atom stereocenters. The molecule has 6 aromatic heterocycles. The highest BCUT2D eigenvalue weighted by atomic mass is 14.7. The highest BCUT2D eigenvalue weighted by Crippen LogP contribution is 2.40. The summed E-state index contributed by atoms with van der Waals surface area (Å²) in [6, 6.07) is 63.8. The molecule has 11 aromatic rings. The Kier molecular flexibility index (Phi) is 10.9. The zero-order chi connectivity index (χ0) is 44.1. The van der Waals surface area contributed by atoms with Gasteiger partial charge in [0.05, 0.1) is 11.4 Å². The minimum atomic E-state index is 0.887. The fraction of sp³-hybridized carbons (Fsp3) is 0. The van der Waals surface area contributed by atoms with Crippen molar-refractivity contribution in [2.75, 3.05) is 0 Å². The van der Waals surface area contributed by atoms with Gasteiger partial charge in [0.25, 0.3) is 0 Å². The lowest BCUT2D eigenvalue weighted by Crippen LogP contribution is -1.94. The van der Waals surface area contributed by atoms with Crippen molar-refractivity contribution >= 4 is 0 Å². The average Bonchev–Trinajstić information content (AvgIpc) is 3.42. The monoisotopic (exact) mass is 844 g/mol. The van der Waals surface area contributed by atoms with Crippen LogP contribution in [0, 0.1) is 0 Å². The summed E-state index contributed by atoms with van der Waals surface area (Å²) >= 11 is 0. The molecule has 0 aliphatic heterocycles. The average molecular weight is 845 g/mol. The van der Waals surface area contributed by atoms with E-state index in [2.05, 4.69) is 178 Å². The van der Waals surface area contributed by atoms with Gasteiger partial charge in [-0.05, 0) is 105 Å². The van der Waals surface area contributed by atoms with Crippen molar-refractivity contribution in [1.29, 1.82) is 0 Å².